The third kappa shape index (κ3) is 2.15. The molecule has 3 rings (SSSR count). The third-order valence-electron chi connectivity index (χ3n) is 5.44. The summed E-state index contributed by atoms with van der Waals surface area (Å²) in [5.41, 5.74) is 4.14. The molecule has 1 saturated carbocycles. The molecule has 1 fully saturated rings. The van der Waals surface area contributed by atoms with Crippen LogP contribution >= 0.6 is 0 Å². The molecule has 0 saturated heterocycles. The minimum atomic E-state index is 0.361. The highest BCUT2D eigenvalue weighted by atomic mass is 16.1. The van der Waals surface area contributed by atoms with Crippen molar-refractivity contribution in [3.8, 4) is 0 Å². The summed E-state index contributed by atoms with van der Waals surface area (Å²) < 4.78 is 2.47. The van der Waals surface area contributed by atoms with Crippen LogP contribution < -0.4 is 0 Å². The summed E-state index contributed by atoms with van der Waals surface area (Å²) in [7, 11) is 0. The van der Waals surface area contributed by atoms with Crippen molar-refractivity contribution in [3.05, 3.63) is 23.0 Å². The van der Waals surface area contributed by atoms with Gasteiger partial charge in [0.15, 0.2) is 5.78 Å². The first kappa shape index (κ1) is 13.0. The van der Waals surface area contributed by atoms with E-state index in [1.165, 1.54) is 43.5 Å². The summed E-state index contributed by atoms with van der Waals surface area (Å²) >= 11 is 0. The van der Waals surface area contributed by atoms with Crippen LogP contribution in [0, 0.1) is 12.3 Å². The first-order chi connectivity index (χ1) is 9.15. The van der Waals surface area contributed by atoms with Crippen molar-refractivity contribution in [1.82, 2.24) is 4.57 Å². The van der Waals surface area contributed by atoms with Crippen molar-refractivity contribution in [2.24, 2.45) is 5.41 Å². The molecule has 0 atom stereocenters. The second-order valence-electron chi connectivity index (χ2n) is 6.57. The monoisotopic (exact) mass is 259 g/mol. The Kier molecular flexibility index (Phi) is 3.28. The molecule has 19 heavy (non-hydrogen) atoms. The van der Waals surface area contributed by atoms with Crippen molar-refractivity contribution in [2.75, 3.05) is 0 Å². The zero-order valence-electron chi connectivity index (χ0n) is 12.3. The van der Waals surface area contributed by atoms with Crippen LogP contribution in [0.15, 0.2) is 6.07 Å². The molecule has 1 heterocycles. The Morgan fingerprint density at radius 1 is 1.21 bits per heavy atom. The zero-order chi connectivity index (χ0) is 13.5. The summed E-state index contributed by atoms with van der Waals surface area (Å²) in [6, 6.07) is 2.13. The number of ketones is 1. The van der Waals surface area contributed by atoms with Gasteiger partial charge >= 0.3 is 0 Å². The number of carbonyl (C=O) groups excluding carboxylic acids is 1. The molecule has 2 heteroatoms. The van der Waals surface area contributed by atoms with Gasteiger partial charge in [-0.25, -0.2) is 0 Å². The van der Waals surface area contributed by atoms with Crippen molar-refractivity contribution in [2.45, 2.75) is 71.8 Å². The largest absolute Gasteiger partial charge is 0.348 e. The molecule has 1 aromatic rings. The Labute approximate surface area is 116 Å². The number of rotatable bonds is 3. The van der Waals surface area contributed by atoms with Crippen molar-refractivity contribution in [1.29, 1.82) is 0 Å². The molecule has 0 aromatic carbocycles. The maximum atomic E-state index is 12.0. The summed E-state index contributed by atoms with van der Waals surface area (Å²) in [6.07, 6.45) is 9.64. The normalized spacial score (nSPS) is 21.7. The molecule has 1 aromatic heterocycles. The Morgan fingerprint density at radius 2 is 1.95 bits per heavy atom. The summed E-state index contributed by atoms with van der Waals surface area (Å²) in [5.74, 6) is 0.361. The van der Waals surface area contributed by atoms with Gasteiger partial charge in [-0.15, -0.1) is 0 Å². The number of Topliss-reactive ketones (excluding diaryl/α,β-unsaturated/α-hetero) is 1. The van der Waals surface area contributed by atoms with E-state index in [1.54, 1.807) is 0 Å². The molecule has 2 aliphatic carbocycles. The lowest BCUT2D eigenvalue weighted by atomic mass is 9.83. The number of hydrogen-bond donors (Lipinski definition) is 0. The van der Waals surface area contributed by atoms with Gasteiger partial charge in [-0.1, -0.05) is 19.8 Å². The Balaban J connectivity index is 1.95. The van der Waals surface area contributed by atoms with Gasteiger partial charge in [-0.2, -0.15) is 0 Å². The number of hydrogen-bond acceptors (Lipinski definition) is 1. The maximum absolute atomic E-state index is 12.0. The molecule has 104 valence electrons. The Morgan fingerprint density at radius 3 is 2.63 bits per heavy atom. The summed E-state index contributed by atoms with van der Waals surface area (Å²) in [6.45, 7) is 5.64. The number of carbonyl (C=O) groups is 1. The van der Waals surface area contributed by atoms with Crippen LogP contribution in [0.5, 0.6) is 0 Å². The topological polar surface area (TPSA) is 22.0 Å². The van der Waals surface area contributed by atoms with Crippen LogP contribution in [-0.2, 0) is 13.0 Å². The second kappa shape index (κ2) is 4.81. The van der Waals surface area contributed by atoms with Gasteiger partial charge in [0, 0.05) is 29.9 Å². The van der Waals surface area contributed by atoms with Gasteiger partial charge in [0.05, 0.1) is 0 Å². The van der Waals surface area contributed by atoms with E-state index in [9.17, 15) is 4.79 Å². The molecule has 0 N–H and O–H groups in total. The predicted octanol–water partition coefficient (Wildman–Crippen LogP) is 4.29. The van der Waals surface area contributed by atoms with E-state index in [0.717, 1.165) is 31.4 Å². The molecular formula is C17H25NO. The van der Waals surface area contributed by atoms with Gasteiger partial charge in [-0.3, -0.25) is 4.79 Å². The fraction of sp³-hybridized carbons (Fsp3) is 0.706. The predicted molar refractivity (Wildman–Crippen MR) is 77.6 cm³/mol. The summed E-state index contributed by atoms with van der Waals surface area (Å²) in [4.78, 5) is 12.0. The van der Waals surface area contributed by atoms with Gasteiger partial charge in [0.2, 0.25) is 0 Å². The smallest absolute Gasteiger partial charge is 0.164 e. The van der Waals surface area contributed by atoms with Crippen LogP contribution in [0.3, 0.4) is 0 Å². The van der Waals surface area contributed by atoms with Crippen LogP contribution in [0.4, 0.5) is 0 Å². The lowest BCUT2D eigenvalue weighted by Crippen LogP contribution is -2.25. The zero-order valence-corrected chi connectivity index (χ0v) is 12.3. The Hall–Kier alpha value is -1.05. The molecule has 2 aliphatic rings. The van der Waals surface area contributed by atoms with Crippen molar-refractivity contribution in [3.63, 3.8) is 0 Å². The molecule has 0 unspecified atom stereocenters. The first-order valence-corrected chi connectivity index (χ1v) is 7.87. The van der Waals surface area contributed by atoms with Gasteiger partial charge in [0.25, 0.3) is 0 Å². The van der Waals surface area contributed by atoms with Crippen molar-refractivity contribution < 1.29 is 4.79 Å². The fourth-order valence-corrected chi connectivity index (χ4v) is 4.09. The van der Waals surface area contributed by atoms with Gasteiger partial charge < -0.3 is 4.57 Å². The van der Waals surface area contributed by atoms with E-state index in [4.69, 9.17) is 0 Å². The average Bonchev–Trinajstić information content (AvgIpc) is 2.99. The van der Waals surface area contributed by atoms with E-state index in [1.807, 2.05) is 0 Å². The highest BCUT2D eigenvalue weighted by Crippen LogP contribution is 2.43. The summed E-state index contributed by atoms with van der Waals surface area (Å²) in [5, 5.41) is 0. The standard InChI is InChI=1S/C17H25NO/c1-3-17(9-4-5-10-17)12-18-13(2)11-14-15(18)7-6-8-16(14)19/h11H,3-10,12H2,1-2H3. The van der Waals surface area contributed by atoms with Gasteiger partial charge in [0.1, 0.15) is 0 Å². The molecule has 0 spiro atoms. The van der Waals surface area contributed by atoms with Crippen LogP contribution in [-0.4, -0.2) is 10.4 Å². The van der Waals surface area contributed by atoms with Crippen LogP contribution in [0.25, 0.3) is 0 Å². The van der Waals surface area contributed by atoms with Crippen LogP contribution in [0.1, 0.15) is 73.6 Å². The van der Waals surface area contributed by atoms with E-state index in [2.05, 4.69) is 24.5 Å². The average molecular weight is 259 g/mol. The molecule has 2 nitrogen and oxygen atoms in total. The number of fused-ring (bicyclic) bond motifs is 1. The van der Waals surface area contributed by atoms with E-state index in [0.29, 0.717) is 11.2 Å². The molecule has 0 bridgehead atoms. The van der Waals surface area contributed by atoms with Gasteiger partial charge in [-0.05, 0) is 50.5 Å². The highest BCUT2D eigenvalue weighted by Gasteiger charge is 2.34. The first-order valence-electron chi connectivity index (χ1n) is 7.87. The fourth-order valence-electron chi connectivity index (χ4n) is 4.09. The molecule has 0 aliphatic heterocycles. The quantitative estimate of drug-likeness (QED) is 0.794. The number of nitrogens with zero attached hydrogens (tertiary/aromatic N) is 1. The van der Waals surface area contributed by atoms with E-state index in [-0.39, 0.29) is 0 Å². The van der Waals surface area contributed by atoms with Crippen molar-refractivity contribution >= 4 is 5.78 Å². The molecule has 0 amide bonds. The lowest BCUT2D eigenvalue weighted by molar-refractivity contribution is 0.0971. The maximum Gasteiger partial charge on any atom is 0.164 e. The number of aromatic nitrogens is 1. The molecule has 0 radical (unpaired) electrons. The minimum absolute atomic E-state index is 0.361. The second-order valence-corrected chi connectivity index (χ2v) is 6.57. The lowest BCUT2D eigenvalue weighted by Gasteiger charge is -2.30. The van der Waals surface area contributed by atoms with E-state index >= 15 is 0 Å². The number of aryl methyl sites for hydroxylation is 1. The molecular weight excluding hydrogens is 234 g/mol. The SMILES string of the molecule is CCC1(Cn2c(C)cc3c2CCCC3=O)CCCC1. The van der Waals surface area contributed by atoms with Crippen LogP contribution in [0.2, 0.25) is 0 Å². The minimum Gasteiger partial charge on any atom is -0.348 e. The van der Waals surface area contributed by atoms with E-state index < -0.39 is 0 Å². The third-order valence-corrected chi connectivity index (χ3v) is 5.44. The highest BCUT2D eigenvalue weighted by molar-refractivity contribution is 5.98. The Bertz CT molecular complexity index is 492.